The molecule has 2 aromatic rings. The van der Waals surface area contributed by atoms with E-state index in [-0.39, 0.29) is 11.7 Å². The van der Waals surface area contributed by atoms with E-state index in [2.05, 4.69) is 19.9 Å². The highest BCUT2D eigenvalue weighted by Crippen LogP contribution is 2.25. The van der Waals surface area contributed by atoms with Crippen molar-refractivity contribution in [1.82, 2.24) is 19.5 Å². The van der Waals surface area contributed by atoms with Crippen LogP contribution >= 0.6 is 0 Å². The molecule has 116 valence electrons. The summed E-state index contributed by atoms with van der Waals surface area (Å²) in [5.74, 6) is 1.53. The van der Waals surface area contributed by atoms with Crippen molar-refractivity contribution in [2.24, 2.45) is 13.0 Å². The lowest BCUT2D eigenvalue weighted by atomic mass is 9.93. The molecule has 6 heteroatoms. The standard InChI is InChI=1S/C16H21N5O/c1-11-9-18-12(2)15(19-11)21-7-4-5-13(10-21)14(22)16-17-6-8-20(16)3/h6,8-9,13H,4-5,7,10H2,1-3H3/t13-/m0/s1. The molecule has 0 N–H and O–H groups in total. The van der Waals surface area contributed by atoms with Crippen molar-refractivity contribution in [2.45, 2.75) is 26.7 Å². The van der Waals surface area contributed by atoms with Crippen molar-refractivity contribution in [3.8, 4) is 0 Å². The zero-order chi connectivity index (χ0) is 15.7. The largest absolute Gasteiger partial charge is 0.354 e. The van der Waals surface area contributed by atoms with E-state index in [1.807, 2.05) is 27.1 Å². The lowest BCUT2D eigenvalue weighted by Crippen LogP contribution is -2.40. The molecule has 6 nitrogen and oxygen atoms in total. The van der Waals surface area contributed by atoms with Crippen LogP contribution in [0.2, 0.25) is 0 Å². The third-order valence-corrected chi connectivity index (χ3v) is 4.18. The first kappa shape index (κ1) is 14.7. The minimum absolute atomic E-state index is 0.0310. The average molecular weight is 299 g/mol. The van der Waals surface area contributed by atoms with Gasteiger partial charge in [0.1, 0.15) is 5.82 Å². The predicted molar refractivity (Wildman–Crippen MR) is 84.0 cm³/mol. The summed E-state index contributed by atoms with van der Waals surface area (Å²) in [6, 6.07) is 0. The summed E-state index contributed by atoms with van der Waals surface area (Å²) in [4.78, 5) is 28.0. The number of aryl methyl sites for hydroxylation is 3. The van der Waals surface area contributed by atoms with Crippen molar-refractivity contribution >= 4 is 11.6 Å². The third kappa shape index (κ3) is 2.73. The molecule has 0 amide bonds. The summed E-state index contributed by atoms with van der Waals surface area (Å²) >= 11 is 0. The van der Waals surface area contributed by atoms with Gasteiger partial charge < -0.3 is 9.47 Å². The summed E-state index contributed by atoms with van der Waals surface area (Å²) in [6.07, 6.45) is 7.14. The van der Waals surface area contributed by atoms with Gasteiger partial charge in [0.15, 0.2) is 5.82 Å². The molecule has 3 rings (SSSR count). The number of Topliss-reactive ketones (excluding diaryl/α,β-unsaturated/α-hetero) is 1. The number of carbonyl (C=O) groups is 1. The number of hydrogen-bond donors (Lipinski definition) is 0. The average Bonchev–Trinajstić information content (AvgIpc) is 2.95. The number of carbonyl (C=O) groups excluding carboxylic acids is 1. The van der Waals surface area contributed by atoms with Crippen LogP contribution in [0.5, 0.6) is 0 Å². The van der Waals surface area contributed by atoms with Crippen LogP contribution in [0.3, 0.4) is 0 Å². The van der Waals surface area contributed by atoms with Gasteiger partial charge in [0, 0.05) is 44.6 Å². The van der Waals surface area contributed by atoms with E-state index in [9.17, 15) is 4.79 Å². The van der Waals surface area contributed by atoms with Gasteiger partial charge in [-0.3, -0.25) is 9.78 Å². The first-order valence-electron chi connectivity index (χ1n) is 7.63. The second kappa shape index (κ2) is 5.87. The molecule has 0 unspecified atom stereocenters. The number of imidazole rings is 1. The van der Waals surface area contributed by atoms with E-state index in [4.69, 9.17) is 0 Å². The van der Waals surface area contributed by atoms with E-state index in [0.29, 0.717) is 12.4 Å². The highest BCUT2D eigenvalue weighted by Gasteiger charge is 2.29. The quantitative estimate of drug-likeness (QED) is 0.810. The van der Waals surface area contributed by atoms with Crippen LogP contribution in [0.25, 0.3) is 0 Å². The topological polar surface area (TPSA) is 63.9 Å². The van der Waals surface area contributed by atoms with Gasteiger partial charge in [0.25, 0.3) is 0 Å². The van der Waals surface area contributed by atoms with Gasteiger partial charge in [-0.1, -0.05) is 0 Å². The fraction of sp³-hybridized carbons (Fsp3) is 0.500. The Bertz CT molecular complexity index is 694. The zero-order valence-corrected chi connectivity index (χ0v) is 13.3. The Morgan fingerprint density at radius 3 is 2.86 bits per heavy atom. The number of hydrogen-bond acceptors (Lipinski definition) is 5. The Balaban J connectivity index is 1.81. The molecular formula is C16H21N5O. The van der Waals surface area contributed by atoms with Crippen LogP contribution in [0.1, 0.15) is 34.8 Å². The van der Waals surface area contributed by atoms with Gasteiger partial charge in [-0.05, 0) is 26.7 Å². The number of aromatic nitrogens is 4. The summed E-state index contributed by atoms with van der Waals surface area (Å²) in [7, 11) is 1.86. The number of ketones is 1. The fourth-order valence-corrected chi connectivity index (χ4v) is 2.99. The molecule has 3 heterocycles. The molecule has 1 fully saturated rings. The second-order valence-corrected chi connectivity index (χ2v) is 5.93. The van der Waals surface area contributed by atoms with Crippen LogP contribution in [-0.2, 0) is 7.05 Å². The molecule has 0 bridgehead atoms. The second-order valence-electron chi connectivity index (χ2n) is 5.93. The van der Waals surface area contributed by atoms with Crippen molar-refractivity contribution in [3.63, 3.8) is 0 Å². The van der Waals surface area contributed by atoms with Gasteiger partial charge in [0.05, 0.1) is 11.4 Å². The minimum Gasteiger partial charge on any atom is -0.354 e. The molecule has 0 aromatic carbocycles. The summed E-state index contributed by atoms with van der Waals surface area (Å²) < 4.78 is 1.79. The predicted octanol–water partition coefficient (Wildman–Crippen LogP) is 1.93. The van der Waals surface area contributed by atoms with Gasteiger partial charge in [-0.2, -0.15) is 0 Å². The number of piperidine rings is 1. The van der Waals surface area contributed by atoms with Crippen LogP contribution < -0.4 is 4.90 Å². The van der Waals surface area contributed by atoms with Crippen molar-refractivity contribution in [2.75, 3.05) is 18.0 Å². The van der Waals surface area contributed by atoms with E-state index in [1.54, 1.807) is 17.0 Å². The van der Waals surface area contributed by atoms with Crippen molar-refractivity contribution in [3.05, 3.63) is 35.8 Å². The van der Waals surface area contributed by atoms with Crippen LogP contribution in [0.15, 0.2) is 18.6 Å². The van der Waals surface area contributed by atoms with Gasteiger partial charge in [-0.15, -0.1) is 0 Å². The van der Waals surface area contributed by atoms with E-state index < -0.39 is 0 Å². The van der Waals surface area contributed by atoms with Gasteiger partial charge in [0.2, 0.25) is 5.78 Å². The maximum atomic E-state index is 12.7. The molecule has 1 atom stereocenters. The Kier molecular flexibility index (Phi) is 3.92. The molecule has 1 aliphatic heterocycles. The van der Waals surface area contributed by atoms with Crippen LogP contribution in [0, 0.1) is 19.8 Å². The number of anilines is 1. The first-order valence-corrected chi connectivity index (χ1v) is 7.63. The summed E-state index contributed by atoms with van der Waals surface area (Å²) in [5, 5.41) is 0. The van der Waals surface area contributed by atoms with Crippen molar-refractivity contribution < 1.29 is 4.79 Å². The Hall–Kier alpha value is -2.24. The molecular weight excluding hydrogens is 278 g/mol. The molecule has 2 aromatic heterocycles. The number of rotatable bonds is 3. The van der Waals surface area contributed by atoms with E-state index in [1.165, 1.54) is 0 Å². The highest BCUT2D eigenvalue weighted by molar-refractivity contribution is 5.95. The molecule has 1 saturated heterocycles. The molecule has 1 aliphatic rings. The molecule has 0 spiro atoms. The number of nitrogens with zero attached hydrogens (tertiary/aromatic N) is 5. The van der Waals surface area contributed by atoms with Crippen molar-refractivity contribution in [1.29, 1.82) is 0 Å². The molecule has 0 saturated carbocycles. The maximum Gasteiger partial charge on any atom is 0.203 e. The van der Waals surface area contributed by atoms with Gasteiger partial charge >= 0.3 is 0 Å². The Morgan fingerprint density at radius 2 is 2.14 bits per heavy atom. The smallest absolute Gasteiger partial charge is 0.203 e. The van der Waals surface area contributed by atoms with Crippen LogP contribution in [0.4, 0.5) is 5.82 Å². The third-order valence-electron chi connectivity index (χ3n) is 4.18. The Labute approximate surface area is 130 Å². The van der Waals surface area contributed by atoms with Gasteiger partial charge in [-0.25, -0.2) is 9.97 Å². The van der Waals surface area contributed by atoms with E-state index in [0.717, 1.165) is 36.6 Å². The lowest BCUT2D eigenvalue weighted by Gasteiger charge is -2.33. The molecule has 0 radical (unpaired) electrons. The highest BCUT2D eigenvalue weighted by atomic mass is 16.1. The normalized spacial score (nSPS) is 18.5. The molecule has 22 heavy (non-hydrogen) atoms. The van der Waals surface area contributed by atoms with Crippen LogP contribution in [-0.4, -0.2) is 38.4 Å². The Morgan fingerprint density at radius 1 is 1.32 bits per heavy atom. The molecule has 0 aliphatic carbocycles. The summed E-state index contributed by atoms with van der Waals surface area (Å²) in [6.45, 7) is 5.51. The summed E-state index contributed by atoms with van der Waals surface area (Å²) in [5.41, 5.74) is 1.81. The zero-order valence-electron chi connectivity index (χ0n) is 13.3. The minimum atomic E-state index is -0.0310. The fourth-order valence-electron chi connectivity index (χ4n) is 2.99. The maximum absolute atomic E-state index is 12.7. The first-order chi connectivity index (χ1) is 10.6. The lowest BCUT2D eigenvalue weighted by molar-refractivity contribution is 0.0893. The van der Waals surface area contributed by atoms with E-state index >= 15 is 0 Å². The monoisotopic (exact) mass is 299 g/mol. The SMILES string of the molecule is Cc1cnc(C)c(N2CCC[C@H](C(=O)c3nccn3C)C2)n1.